The normalized spacial score (nSPS) is 17.0. The minimum absolute atomic E-state index is 0.0219. The number of pyridine rings is 1. The van der Waals surface area contributed by atoms with Gasteiger partial charge in [-0.3, -0.25) is 4.72 Å². The van der Waals surface area contributed by atoms with E-state index in [1.807, 2.05) is 12.1 Å². The average Bonchev–Trinajstić information content (AvgIpc) is 3.38. The van der Waals surface area contributed by atoms with Crippen LogP contribution in [0.1, 0.15) is 19.0 Å². The van der Waals surface area contributed by atoms with Crippen LogP contribution in [-0.2, 0) is 14.8 Å². The Morgan fingerprint density at radius 1 is 1.28 bits per heavy atom. The SMILES string of the molecule is CCS(=O)(=O)Nc1ccc(OC2CCOC2)c(-c2cc(C)n(O)c3nccc2-3)c1. The summed E-state index contributed by atoms with van der Waals surface area (Å²) in [6, 6.07) is 8.84. The molecule has 0 aliphatic carbocycles. The van der Waals surface area contributed by atoms with Gasteiger partial charge in [-0.05, 0) is 49.7 Å². The minimum Gasteiger partial charge on any atom is -0.487 e. The zero-order chi connectivity index (χ0) is 20.6. The molecule has 4 rings (SSSR count). The van der Waals surface area contributed by atoms with Crippen molar-refractivity contribution in [2.24, 2.45) is 0 Å². The Morgan fingerprint density at radius 2 is 2.10 bits per heavy atom. The Morgan fingerprint density at radius 3 is 2.83 bits per heavy atom. The molecule has 3 aliphatic heterocycles. The number of nitrogens with one attached hydrogen (secondary N) is 1. The fraction of sp³-hybridized carbons (Fsp3) is 0.350. The molecule has 0 aromatic heterocycles. The first-order chi connectivity index (χ1) is 13.9. The van der Waals surface area contributed by atoms with Gasteiger partial charge in [-0.15, -0.1) is 0 Å². The van der Waals surface area contributed by atoms with Crippen molar-refractivity contribution in [1.82, 2.24) is 9.71 Å². The van der Waals surface area contributed by atoms with E-state index in [1.165, 1.54) is 0 Å². The van der Waals surface area contributed by atoms with Gasteiger partial charge in [0.2, 0.25) is 10.0 Å². The van der Waals surface area contributed by atoms with E-state index in [0.717, 1.165) is 27.8 Å². The van der Waals surface area contributed by atoms with Crippen LogP contribution in [0.5, 0.6) is 5.75 Å². The van der Waals surface area contributed by atoms with Gasteiger partial charge in [0.1, 0.15) is 11.9 Å². The number of benzene rings is 1. The predicted octanol–water partition coefficient (Wildman–Crippen LogP) is 3.13. The van der Waals surface area contributed by atoms with Crippen molar-refractivity contribution in [2.45, 2.75) is 26.4 Å². The van der Waals surface area contributed by atoms with Crippen molar-refractivity contribution in [2.75, 3.05) is 23.7 Å². The molecule has 1 aromatic carbocycles. The highest BCUT2D eigenvalue weighted by Crippen LogP contribution is 2.40. The van der Waals surface area contributed by atoms with Gasteiger partial charge in [0.25, 0.3) is 0 Å². The van der Waals surface area contributed by atoms with Crippen LogP contribution in [0.15, 0.2) is 36.5 Å². The summed E-state index contributed by atoms with van der Waals surface area (Å²) in [5.74, 6) is 1.03. The molecule has 1 fully saturated rings. The number of hydrogen-bond donors (Lipinski definition) is 2. The van der Waals surface area contributed by atoms with Crippen LogP contribution >= 0.6 is 0 Å². The third kappa shape index (κ3) is 3.88. The Kier molecular flexibility index (Phi) is 5.10. The Balaban J connectivity index is 1.85. The molecule has 0 amide bonds. The van der Waals surface area contributed by atoms with E-state index in [0.29, 0.717) is 36.2 Å². The molecule has 3 aliphatic rings. The van der Waals surface area contributed by atoms with Crippen LogP contribution in [0.3, 0.4) is 0 Å². The molecule has 2 N–H and O–H groups in total. The first kappa shape index (κ1) is 19.5. The Labute approximate surface area is 169 Å². The van der Waals surface area contributed by atoms with E-state index < -0.39 is 10.0 Å². The summed E-state index contributed by atoms with van der Waals surface area (Å²) in [5.41, 5.74) is 3.30. The molecule has 154 valence electrons. The first-order valence-corrected chi connectivity index (χ1v) is 11.1. The molecule has 9 heteroatoms. The zero-order valence-electron chi connectivity index (χ0n) is 16.3. The van der Waals surface area contributed by atoms with Crippen LogP contribution in [0.25, 0.3) is 22.5 Å². The molecule has 3 heterocycles. The summed E-state index contributed by atoms with van der Waals surface area (Å²) in [6.45, 7) is 4.52. The van der Waals surface area contributed by atoms with E-state index in [9.17, 15) is 13.6 Å². The lowest BCUT2D eigenvalue weighted by atomic mass is 9.98. The van der Waals surface area contributed by atoms with Crippen LogP contribution in [0.2, 0.25) is 0 Å². The van der Waals surface area contributed by atoms with E-state index >= 15 is 0 Å². The summed E-state index contributed by atoms with van der Waals surface area (Å²) < 4.78 is 39.3. The molecular formula is C20H23N3O5S. The fourth-order valence-corrected chi connectivity index (χ4v) is 4.02. The summed E-state index contributed by atoms with van der Waals surface area (Å²) in [6.07, 6.45) is 2.35. The van der Waals surface area contributed by atoms with Crippen LogP contribution in [-0.4, -0.2) is 48.4 Å². The van der Waals surface area contributed by atoms with Crippen molar-refractivity contribution in [3.63, 3.8) is 0 Å². The van der Waals surface area contributed by atoms with Crippen molar-refractivity contribution >= 4 is 15.7 Å². The van der Waals surface area contributed by atoms with Gasteiger partial charge in [-0.25, -0.2) is 13.4 Å². The number of anilines is 1. The summed E-state index contributed by atoms with van der Waals surface area (Å²) in [7, 11) is -3.42. The van der Waals surface area contributed by atoms with Crippen molar-refractivity contribution in [1.29, 1.82) is 0 Å². The number of aromatic nitrogens is 2. The number of hydrogen-bond acceptors (Lipinski definition) is 6. The second-order valence-corrected chi connectivity index (χ2v) is 9.02. The second-order valence-electron chi connectivity index (χ2n) is 7.01. The highest BCUT2D eigenvalue weighted by Gasteiger charge is 2.23. The Bertz CT molecular complexity index is 1100. The molecule has 1 atom stereocenters. The highest BCUT2D eigenvalue weighted by atomic mass is 32.2. The molecule has 1 saturated heterocycles. The number of ether oxygens (including phenoxy) is 2. The topological polar surface area (TPSA) is 103 Å². The highest BCUT2D eigenvalue weighted by molar-refractivity contribution is 7.92. The lowest BCUT2D eigenvalue weighted by Gasteiger charge is -2.20. The van der Waals surface area contributed by atoms with Crippen LogP contribution in [0.4, 0.5) is 5.69 Å². The molecule has 1 unspecified atom stereocenters. The second kappa shape index (κ2) is 7.57. The van der Waals surface area contributed by atoms with Gasteiger partial charge in [0.15, 0.2) is 5.82 Å². The lowest BCUT2D eigenvalue weighted by molar-refractivity contribution is 0.142. The molecule has 29 heavy (non-hydrogen) atoms. The maximum atomic E-state index is 12.0. The number of sulfonamides is 1. The molecule has 8 nitrogen and oxygen atoms in total. The molecule has 0 spiro atoms. The maximum absolute atomic E-state index is 12.0. The molecule has 0 saturated carbocycles. The van der Waals surface area contributed by atoms with Crippen LogP contribution < -0.4 is 9.46 Å². The Hall–Kier alpha value is -2.78. The van der Waals surface area contributed by atoms with Gasteiger partial charge in [0.05, 0.1) is 24.7 Å². The van der Waals surface area contributed by atoms with Crippen molar-refractivity contribution in [3.8, 4) is 28.3 Å². The standard InChI is InChI=1S/C20H23N3O5S/c1-3-29(25,26)22-14-4-5-19(28-15-7-9-27-12-15)18(11-14)17-10-13(2)23(24)20-16(17)6-8-21-20/h4-6,8,10-11,15,22,24H,3,7,9,12H2,1-2H3. The van der Waals surface area contributed by atoms with Crippen LogP contribution in [0, 0.1) is 6.92 Å². The summed E-state index contributed by atoms with van der Waals surface area (Å²) in [5, 5.41) is 10.3. The number of nitrogens with zero attached hydrogens (tertiary/aromatic N) is 2. The molecular weight excluding hydrogens is 394 g/mol. The monoisotopic (exact) mass is 417 g/mol. The van der Waals surface area contributed by atoms with E-state index in [-0.39, 0.29) is 11.9 Å². The lowest BCUT2D eigenvalue weighted by Crippen LogP contribution is -2.17. The predicted molar refractivity (Wildman–Crippen MR) is 109 cm³/mol. The van der Waals surface area contributed by atoms with Gasteiger partial charge >= 0.3 is 0 Å². The van der Waals surface area contributed by atoms with Gasteiger partial charge < -0.3 is 14.7 Å². The van der Waals surface area contributed by atoms with Crippen molar-refractivity contribution in [3.05, 3.63) is 42.2 Å². The molecule has 0 radical (unpaired) electrons. The van der Waals surface area contributed by atoms with E-state index in [4.69, 9.17) is 9.47 Å². The van der Waals surface area contributed by atoms with Gasteiger partial charge in [-0.2, -0.15) is 4.73 Å². The maximum Gasteiger partial charge on any atom is 0.232 e. The number of rotatable bonds is 6. The third-order valence-corrected chi connectivity index (χ3v) is 6.27. The zero-order valence-corrected chi connectivity index (χ0v) is 17.1. The summed E-state index contributed by atoms with van der Waals surface area (Å²) >= 11 is 0. The molecule has 1 aromatic rings. The van der Waals surface area contributed by atoms with E-state index in [2.05, 4.69) is 9.71 Å². The smallest absolute Gasteiger partial charge is 0.232 e. The quantitative estimate of drug-likeness (QED) is 0.598. The fourth-order valence-electron chi connectivity index (χ4n) is 3.39. The average molecular weight is 417 g/mol. The third-order valence-electron chi connectivity index (χ3n) is 4.96. The van der Waals surface area contributed by atoms with Gasteiger partial charge in [0, 0.05) is 29.4 Å². The molecule has 0 bridgehead atoms. The minimum atomic E-state index is -3.42. The van der Waals surface area contributed by atoms with Crippen molar-refractivity contribution < 1.29 is 23.1 Å². The van der Waals surface area contributed by atoms with E-state index in [1.54, 1.807) is 38.2 Å². The first-order valence-electron chi connectivity index (χ1n) is 9.43. The number of fused-ring (bicyclic) bond motifs is 1. The van der Waals surface area contributed by atoms with Gasteiger partial charge in [-0.1, -0.05) is 0 Å². The largest absolute Gasteiger partial charge is 0.487 e. The number of aryl methyl sites for hydroxylation is 1. The summed E-state index contributed by atoms with van der Waals surface area (Å²) in [4.78, 5) is 4.23.